The number of rotatable bonds is 5. The van der Waals surface area contributed by atoms with Crippen LogP contribution in [0.3, 0.4) is 0 Å². The van der Waals surface area contributed by atoms with E-state index in [-0.39, 0.29) is 18.3 Å². The van der Waals surface area contributed by atoms with Crippen molar-refractivity contribution in [2.24, 2.45) is 0 Å². The predicted octanol–water partition coefficient (Wildman–Crippen LogP) is 3.21. The van der Waals surface area contributed by atoms with E-state index < -0.39 is 0 Å². The topological polar surface area (TPSA) is 103 Å². The number of tetrazole rings is 1. The summed E-state index contributed by atoms with van der Waals surface area (Å²) in [6.45, 7) is 2.24. The molecule has 0 aliphatic carbocycles. The molecule has 0 fully saturated rings. The lowest BCUT2D eigenvalue weighted by atomic mass is 10.2. The van der Waals surface area contributed by atoms with E-state index in [2.05, 4.69) is 30.8 Å². The minimum Gasteiger partial charge on any atom is -0.296 e. The largest absolute Gasteiger partial charge is 0.296 e. The molecule has 0 saturated carbocycles. The molecular weight excluding hydrogens is 400 g/mol. The zero-order valence-corrected chi connectivity index (χ0v) is 16.7. The Hall–Kier alpha value is -3.92. The van der Waals surface area contributed by atoms with Crippen LogP contribution in [0.2, 0.25) is 0 Å². The van der Waals surface area contributed by atoms with Crippen molar-refractivity contribution in [2.45, 2.75) is 13.6 Å². The first kappa shape index (κ1) is 18.1. The Morgan fingerprint density at radius 3 is 2.77 bits per heavy atom. The minimum atomic E-state index is -0.318. The summed E-state index contributed by atoms with van der Waals surface area (Å²) in [6.07, 6.45) is 1.70. The van der Waals surface area contributed by atoms with Crippen molar-refractivity contribution in [2.75, 3.05) is 5.32 Å². The van der Waals surface area contributed by atoms with E-state index in [0.717, 1.165) is 21.3 Å². The molecular formula is C20H16N8OS. The molecule has 0 radical (unpaired) electrons. The quantitative estimate of drug-likeness (QED) is 0.472. The van der Waals surface area contributed by atoms with E-state index >= 15 is 0 Å². The third-order valence-electron chi connectivity index (χ3n) is 4.47. The second-order valence-corrected chi connectivity index (χ2v) is 7.66. The van der Waals surface area contributed by atoms with Crippen molar-refractivity contribution in [3.63, 3.8) is 0 Å². The fourth-order valence-corrected chi connectivity index (χ4v) is 3.94. The average Bonchev–Trinajstić information content (AvgIpc) is 3.49. The molecule has 0 saturated heterocycles. The molecule has 5 aromatic rings. The average molecular weight is 416 g/mol. The number of carbonyl (C=O) groups is 1. The molecule has 0 aliphatic heterocycles. The summed E-state index contributed by atoms with van der Waals surface area (Å²) in [5.74, 6) is 0.217. The molecule has 5 rings (SSSR count). The van der Waals surface area contributed by atoms with Gasteiger partial charge < -0.3 is 0 Å². The van der Waals surface area contributed by atoms with Crippen molar-refractivity contribution >= 4 is 32.6 Å². The van der Waals surface area contributed by atoms with Crippen LogP contribution in [0.4, 0.5) is 5.13 Å². The molecule has 0 unspecified atom stereocenters. The summed E-state index contributed by atoms with van der Waals surface area (Å²) in [4.78, 5) is 18.5. The number of anilines is 1. The van der Waals surface area contributed by atoms with E-state index in [9.17, 15) is 4.79 Å². The Kier molecular flexibility index (Phi) is 4.52. The van der Waals surface area contributed by atoms with Crippen molar-refractivity contribution in [1.82, 2.24) is 35.0 Å². The van der Waals surface area contributed by atoms with Crippen molar-refractivity contribution in [1.29, 1.82) is 0 Å². The Labute approximate surface area is 175 Å². The number of aryl methyl sites for hydroxylation is 1. The van der Waals surface area contributed by atoms with Gasteiger partial charge in [-0.2, -0.15) is 5.10 Å². The summed E-state index contributed by atoms with van der Waals surface area (Å²) in [5, 5.41) is 20.1. The molecule has 2 aromatic carbocycles. The Morgan fingerprint density at radius 2 is 1.93 bits per heavy atom. The number of nitrogens with one attached hydrogen (secondary N) is 1. The Balaban J connectivity index is 1.28. The SMILES string of the molecule is Cc1cccc2sc(NC(=O)c3ccn(Cn4nnc(-c5ccccc5)n4)n3)nc12. The molecule has 10 heteroatoms. The molecule has 30 heavy (non-hydrogen) atoms. The number of benzene rings is 2. The van der Waals surface area contributed by atoms with Crippen LogP contribution in [0.5, 0.6) is 0 Å². The van der Waals surface area contributed by atoms with Gasteiger partial charge in [-0.25, -0.2) is 9.67 Å². The highest BCUT2D eigenvalue weighted by Crippen LogP contribution is 2.28. The number of thiazole rings is 1. The lowest BCUT2D eigenvalue weighted by Crippen LogP contribution is -2.15. The van der Waals surface area contributed by atoms with Crippen molar-refractivity contribution < 1.29 is 4.79 Å². The second kappa shape index (κ2) is 7.48. The van der Waals surface area contributed by atoms with Gasteiger partial charge in [0.1, 0.15) is 0 Å². The van der Waals surface area contributed by atoms with Crippen molar-refractivity contribution in [3.05, 3.63) is 72.1 Å². The highest BCUT2D eigenvalue weighted by Gasteiger charge is 2.14. The minimum absolute atomic E-state index is 0.243. The number of nitrogens with zero attached hydrogens (tertiary/aromatic N) is 7. The summed E-state index contributed by atoms with van der Waals surface area (Å²) in [5.41, 5.74) is 3.14. The molecule has 3 heterocycles. The van der Waals surface area contributed by atoms with Gasteiger partial charge in [0.25, 0.3) is 5.91 Å². The van der Waals surface area contributed by atoms with Crippen LogP contribution in [-0.4, -0.2) is 40.9 Å². The highest BCUT2D eigenvalue weighted by atomic mass is 32.1. The van der Waals surface area contributed by atoms with Crippen LogP contribution in [0.1, 0.15) is 16.1 Å². The zero-order valence-electron chi connectivity index (χ0n) is 15.9. The van der Waals surface area contributed by atoms with Crippen LogP contribution in [-0.2, 0) is 6.67 Å². The van der Waals surface area contributed by atoms with Gasteiger partial charge in [0.15, 0.2) is 17.5 Å². The third kappa shape index (κ3) is 3.55. The molecule has 3 aromatic heterocycles. The van der Waals surface area contributed by atoms with Crippen molar-refractivity contribution in [3.8, 4) is 11.4 Å². The fourth-order valence-electron chi connectivity index (χ4n) is 3.00. The summed E-state index contributed by atoms with van der Waals surface area (Å²) >= 11 is 1.43. The molecule has 9 nitrogen and oxygen atoms in total. The number of fused-ring (bicyclic) bond motifs is 1. The molecule has 148 valence electrons. The first-order valence-corrected chi connectivity index (χ1v) is 10.0. The smallest absolute Gasteiger partial charge is 0.277 e. The first-order valence-electron chi connectivity index (χ1n) is 9.20. The van der Waals surface area contributed by atoms with Crippen LogP contribution in [0.15, 0.2) is 60.8 Å². The standard InChI is InChI=1S/C20H16N8OS/c1-13-6-5-9-16-17(13)21-20(30-16)22-19(29)15-10-11-27(24-15)12-28-25-18(23-26-28)14-7-3-2-4-8-14/h2-11H,12H2,1H3,(H,21,22,29). The number of hydrogen-bond acceptors (Lipinski definition) is 7. The van der Waals surface area contributed by atoms with E-state index in [0.29, 0.717) is 11.0 Å². The van der Waals surface area contributed by atoms with E-state index in [1.807, 2.05) is 55.5 Å². The normalized spacial score (nSPS) is 11.1. The van der Waals surface area contributed by atoms with Gasteiger partial charge in [0.05, 0.1) is 10.2 Å². The van der Waals surface area contributed by atoms with Crippen LogP contribution >= 0.6 is 11.3 Å². The number of para-hydroxylation sites is 1. The lowest BCUT2D eigenvalue weighted by molar-refractivity contribution is 0.102. The van der Waals surface area contributed by atoms with Crippen LogP contribution in [0, 0.1) is 6.92 Å². The number of amides is 1. The van der Waals surface area contributed by atoms with Gasteiger partial charge in [-0.1, -0.05) is 53.8 Å². The van der Waals surface area contributed by atoms with E-state index in [1.165, 1.54) is 16.1 Å². The van der Waals surface area contributed by atoms with Gasteiger partial charge in [-0.05, 0) is 29.8 Å². The monoisotopic (exact) mass is 416 g/mol. The maximum atomic E-state index is 12.6. The number of carbonyl (C=O) groups excluding carboxylic acids is 1. The molecule has 0 aliphatic rings. The lowest BCUT2D eigenvalue weighted by Gasteiger charge is -2.00. The maximum Gasteiger partial charge on any atom is 0.277 e. The predicted molar refractivity (Wildman–Crippen MR) is 113 cm³/mol. The summed E-state index contributed by atoms with van der Waals surface area (Å²) in [7, 11) is 0. The molecule has 0 bridgehead atoms. The highest BCUT2D eigenvalue weighted by molar-refractivity contribution is 7.22. The van der Waals surface area contributed by atoms with Gasteiger partial charge in [-0.3, -0.25) is 10.1 Å². The third-order valence-corrected chi connectivity index (χ3v) is 5.41. The van der Waals surface area contributed by atoms with Crippen LogP contribution in [0.25, 0.3) is 21.6 Å². The molecule has 0 spiro atoms. The number of aromatic nitrogens is 7. The van der Waals surface area contributed by atoms with E-state index in [4.69, 9.17) is 0 Å². The zero-order chi connectivity index (χ0) is 20.5. The second-order valence-electron chi connectivity index (χ2n) is 6.63. The maximum absolute atomic E-state index is 12.6. The number of hydrogen-bond donors (Lipinski definition) is 1. The Morgan fingerprint density at radius 1 is 1.07 bits per heavy atom. The van der Waals surface area contributed by atoms with Gasteiger partial charge in [-0.15, -0.1) is 15.0 Å². The summed E-state index contributed by atoms with van der Waals surface area (Å²) < 4.78 is 2.61. The van der Waals surface area contributed by atoms with Gasteiger partial charge >= 0.3 is 0 Å². The first-order chi connectivity index (χ1) is 14.7. The Bertz CT molecular complexity index is 1340. The molecule has 1 amide bonds. The molecule has 1 N–H and O–H groups in total. The van der Waals surface area contributed by atoms with E-state index in [1.54, 1.807) is 16.9 Å². The van der Waals surface area contributed by atoms with Gasteiger partial charge in [0.2, 0.25) is 5.82 Å². The summed E-state index contributed by atoms with van der Waals surface area (Å²) in [6, 6.07) is 17.2. The fraction of sp³-hybridized carbons (Fsp3) is 0.100. The van der Waals surface area contributed by atoms with Crippen LogP contribution < -0.4 is 5.32 Å². The van der Waals surface area contributed by atoms with Gasteiger partial charge in [0, 0.05) is 11.8 Å². The molecule has 0 atom stereocenters.